The summed E-state index contributed by atoms with van der Waals surface area (Å²) in [5.74, 6) is -1.50. The van der Waals surface area contributed by atoms with Gasteiger partial charge in [0.25, 0.3) is 0 Å². The van der Waals surface area contributed by atoms with Gasteiger partial charge in [-0.1, -0.05) is 63.8 Å². The lowest BCUT2D eigenvalue weighted by molar-refractivity contribution is 0.0399. The van der Waals surface area contributed by atoms with Gasteiger partial charge < -0.3 is 16.2 Å². The maximum Gasteiger partial charge on any atom is 0.348 e. The van der Waals surface area contributed by atoms with Crippen molar-refractivity contribution in [3.63, 3.8) is 0 Å². The maximum atomic E-state index is 12.6. The SMILES string of the molecule is CCCCCc1cccc(C(=O)OC(=O)c2cccc(CCCCC)c2N)c1N. The number of unbranched alkanes of at least 4 members (excludes halogenated alkanes) is 4. The first kappa shape index (κ1) is 22.5. The first-order valence-corrected chi connectivity index (χ1v) is 10.5. The molecule has 0 heterocycles. The first-order chi connectivity index (χ1) is 14.0. The van der Waals surface area contributed by atoms with E-state index in [-0.39, 0.29) is 11.1 Å². The average molecular weight is 397 g/mol. The van der Waals surface area contributed by atoms with Crippen LogP contribution in [0.3, 0.4) is 0 Å². The quantitative estimate of drug-likeness (QED) is 0.245. The first-order valence-electron chi connectivity index (χ1n) is 10.5. The van der Waals surface area contributed by atoms with Crippen LogP contribution in [-0.2, 0) is 17.6 Å². The van der Waals surface area contributed by atoms with E-state index >= 15 is 0 Å². The molecule has 0 aliphatic carbocycles. The monoisotopic (exact) mass is 396 g/mol. The van der Waals surface area contributed by atoms with Crippen molar-refractivity contribution in [2.45, 2.75) is 65.2 Å². The molecule has 0 atom stereocenters. The number of ether oxygens (including phenoxy) is 1. The van der Waals surface area contributed by atoms with E-state index in [9.17, 15) is 9.59 Å². The highest BCUT2D eigenvalue weighted by Gasteiger charge is 2.21. The molecule has 5 heteroatoms. The highest BCUT2D eigenvalue weighted by atomic mass is 16.6. The fourth-order valence-electron chi connectivity index (χ4n) is 3.34. The number of rotatable bonds is 10. The van der Waals surface area contributed by atoms with Crippen molar-refractivity contribution < 1.29 is 14.3 Å². The molecule has 0 aliphatic rings. The third-order valence-corrected chi connectivity index (χ3v) is 5.12. The van der Waals surface area contributed by atoms with E-state index < -0.39 is 11.9 Å². The van der Waals surface area contributed by atoms with Crippen LogP contribution in [0.25, 0.3) is 0 Å². The Morgan fingerprint density at radius 3 is 1.52 bits per heavy atom. The van der Waals surface area contributed by atoms with Crippen molar-refractivity contribution in [2.75, 3.05) is 11.5 Å². The Balaban J connectivity index is 2.12. The Hall–Kier alpha value is -2.82. The molecule has 0 saturated heterocycles. The highest BCUT2D eigenvalue weighted by Crippen LogP contribution is 2.24. The second-order valence-electron chi connectivity index (χ2n) is 7.35. The number of hydrogen-bond acceptors (Lipinski definition) is 5. The normalized spacial score (nSPS) is 10.7. The Morgan fingerprint density at radius 1 is 0.724 bits per heavy atom. The van der Waals surface area contributed by atoms with Gasteiger partial charge in [0.15, 0.2) is 0 Å². The van der Waals surface area contributed by atoms with Crippen LogP contribution in [0.5, 0.6) is 0 Å². The number of nitrogen functional groups attached to an aromatic ring is 2. The van der Waals surface area contributed by atoms with E-state index in [0.29, 0.717) is 11.4 Å². The molecule has 4 N–H and O–H groups in total. The van der Waals surface area contributed by atoms with Gasteiger partial charge in [0.1, 0.15) is 0 Å². The molecule has 0 spiro atoms. The van der Waals surface area contributed by atoms with Crippen LogP contribution in [0.1, 0.15) is 84.2 Å². The van der Waals surface area contributed by atoms with Crippen LogP contribution in [0, 0.1) is 0 Å². The van der Waals surface area contributed by atoms with Crippen LogP contribution in [0.15, 0.2) is 36.4 Å². The van der Waals surface area contributed by atoms with E-state index in [1.54, 1.807) is 24.3 Å². The number of esters is 2. The molecule has 29 heavy (non-hydrogen) atoms. The summed E-state index contributed by atoms with van der Waals surface area (Å²) in [7, 11) is 0. The number of carbonyl (C=O) groups excluding carboxylic acids is 2. The number of anilines is 2. The molecule has 0 aromatic heterocycles. The van der Waals surface area contributed by atoms with Crippen LogP contribution >= 0.6 is 0 Å². The molecule has 2 aromatic carbocycles. The smallest absolute Gasteiger partial charge is 0.348 e. The number of carbonyl (C=O) groups is 2. The number of aryl methyl sites for hydroxylation is 2. The summed E-state index contributed by atoms with van der Waals surface area (Å²) in [4.78, 5) is 25.1. The minimum Gasteiger partial charge on any atom is -0.398 e. The summed E-state index contributed by atoms with van der Waals surface area (Å²) < 4.78 is 5.11. The molecular formula is C24H32N2O3. The predicted octanol–water partition coefficient (Wildman–Crippen LogP) is 5.31. The Bertz CT molecular complexity index is 777. The maximum absolute atomic E-state index is 12.6. The largest absolute Gasteiger partial charge is 0.398 e. The summed E-state index contributed by atoms with van der Waals surface area (Å²) in [5, 5.41) is 0. The van der Waals surface area contributed by atoms with Crippen LogP contribution in [0.4, 0.5) is 11.4 Å². The van der Waals surface area contributed by atoms with E-state index in [4.69, 9.17) is 16.2 Å². The van der Waals surface area contributed by atoms with Gasteiger partial charge >= 0.3 is 11.9 Å². The summed E-state index contributed by atoms with van der Waals surface area (Å²) in [6, 6.07) is 10.5. The number of benzene rings is 2. The summed E-state index contributed by atoms with van der Waals surface area (Å²) >= 11 is 0. The zero-order chi connectivity index (χ0) is 21.2. The molecule has 5 nitrogen and oxygen atoms in total. The van der Waals surface area contributed by atoms with Crippen molar-refractivity contribution in [1.82, 2.24) is 0 Å². The summed E-state index contributed by atoms with van der Waals surface area (Å²) in [6.45, 7) is 4.26. The van der Waals surface area contributed by atoms with Gasteiger partial charge in [0, 0.05) is 11.4 Å². The molecule has 0 saturated carbocycles. The molecule has 156 valence electrons. The van der Waals surface area contributed by atoms with Crippen molar-refractivity contribution in [3.8, 4) is 0 Å². The zero-order valence-electron chi connectivity index (χ0n) is 17.5. The molecule has 2 aromatic rings. The molecule has 2 rings (SSSR count). The van der Waals surface area contributed by atoms with E-state index in [1.807, 2.05) is 12.1 Å². The van der Waals surface area contributed by atoms with Crippen molar-refractivity contribution >= 4 is 23.3 Å². The van der Waals surface area contributed by atoms with Crippen LogP contribution in [-0.4, -0.2) is 11.9 Å². The third kappa shape index (κ3) is 6.08. The number of para-hydroxylation sites is 2. The lowest BCUT2D eigenvalue weighted by Gasteiger charge is -2.12. The fraction of sp³-hybridized carbons (Fsp3) is 0.417. The highest BCUT2D eigenvalue weighted by molar-refractivity contribution is 6.07. The fourth-order valence-corrected chi connectivity index (χ4v) is 3.34. The van der Waals surface area contributed by atoms with Crippen molar-refractivity contribution in [1.29, 1.82) is 0 Å². The number of nitrogens with two attached hydrogens (primary N) is 2. The molecular weight excluding hydrogens is 364 g/mol. The van der Waals surface area contributed by atoms with Gasteiger partial charge in [-0.2, -0.15) is 0 Å². The van der Waals surface area contributed by atoms with Crippen LogP contribution < -0.4 is 11.5 Å². The van der Waals surface area contributed by atoms with Gasteiger partial charge in [-0.05, 0) is 48.9 Å². The standard InChI is InChI=1S/C24H32N2O3/c1-3-5-7-11-17-13-9-15-19(21(17)25)23(27)29-24(28)20-16-10-14-18(22(20)26)12-8-6-4-2/h9-10,13-16H,3-8,11-12,25-26H2,1-2H3. The van der Waals surface area contributed by atoms with Crippen molar-refractivity contribution in [2.24, 2.45) is 0 Å². The van der Waals surface area contributed by atoms with Gasteiger partial charge in [-0.3, -0.25) is 0 Å². The Morgan fingerprint density at radius 2 is 1.14 bits per heavy atom. The second-order valence-corrected chi connectivity index (χ2v) is 7.35. The van der Waals surface area contributed by atoms with Gasteiger partial charge in [0.05, 0.1) is 11.1 Å². The average Bonchev–Trinajstić information content (AvgIpc) is 2.70. The lowest BCUT2D eigenvalue weighted by Crippen LogP contribution is -2.17. The van der Waals surface area contributed by atoms with E-state index in [0.717, 1.165) is 62.5 Å². The summed E-state index contributed by atoms with van der Waals surface area (Å²) in [5.41, 5.74) is 15.3. The Labute approximate surface area is 173 Å². The summed E-state index contributed by atoms with van der Waals surface area (Å²) in [6.07, 6.45) is 7.99. The molecule has 0 radical (unpaired) electrons. The molecule has 0 bridgehead atoms. The lowest BCUT2D eigenvalue weighted by atomic mass is 10.0. The molecule has 0 amide bonds. The third-order valence-electron chi connectivity index (χ3n) is 5.12. The zero-order valence-corrected chi connectivity index (χ0v) is 17.5. The molecule has 0 aliphatic heterocycles. The van der Waals surface area contributed by atoms with E-state index in [2.05, 4.69) is 13.8 Å². The van der Waals surface area contributed by atoms with Gasteiger partial charge in [-0.15, -0.1) is 0 Å². The Kier molecular flexibility index (Phi) is 8.71. The minimum absolute atomic E-state index is 0.213. The minimum atomic E-state index is -0.749. The van der Waals surface area contributed by atoms with Gasteiger partial charge in [0.2, 0.25) is 0 Å². The molecule has 0 fully saturated rings. The van der Waals surface area contributed by atoms with E-state index in [1.165, 1.54) is 0 Å². The number of hydrogen-bond donors (Lipinski definition) is 2. The predicted molar refractivity (Wildman–Crippen MR) is 118 cm³/mol. The van der Waals surface area contributed by atoms with Gasteiger partial charge in [-0.25, -0.2) is 9.59 Å². The van der Waals surface area contributed by atoms with Crippen molar-refractivity contribution in [3.05, 3.63) is 58.7 Å². The van der Waals surface area contributed by atoms with Crippen LogP contribution in [0.2, 0.25) is 0 Å². The second kappa shape index (κ2) is 11.2. The molecule has 0 unspecified atom stereocenters. The topological polar surface area (TPSA) is 95.4 Å².